The zero-order chi connectivity index (χ0) is 7.65. The number of hydrogen-bond donors (Lipinski definition) is 0. The molecule has 0 aliphatic rings. The quantitative estimate of drug-likeness (QED) is 0.603. The van der Waals surface area contributed by atoms with E-state index in [0.717, 1.165) is 0 Å². The molecule has 0 aliphatic carbocycles. The van der Waals surface area contributed by atoms with Crippen LogP contribution in [0.5, 0.6) is 0 Å². The van der Waals surface area contributed by atoms with Crippen LogP contribution in [-0.2, 0) is 0 Å². The van der Waals surface area contributed by atoms with Crippen LogP contribution < -0.4 is 0 Å². The summed E-state index contributed by atoms with van der Waals surface area (Å²) in [5, 5.41) is -3.33. The van der Waals surface area contributed by atoms with Crippen LogP contribution in [0.4, 0.5) is 13.2 Å². The minimum absolute atomic E-state index is 1.92. The summed E-state index contributed by atoms with van der Waals surface area (Å²) in [5.41, 5.74) is 0. The number of hydrogen-bond acceptors (Lipinski definition) is 0. The normalized spacial score (nSPS) is 18.7. The maximum Gasteiger partial charge on any atom is 0.288 e. The zero-order valence-electron chi connectivity index (χ0n) is 3.92. The summed E-state index contributed by atoms with van der Waals surface area (Å²) < 4.78 is 34.9. The molecule has 56 valence electrons. The fraction of sp³-hybridized carbons (Fsp3) is 1.00. The van der Waals surface area contributed by atoms with Crippen LogP contribution in [0.3, 0.4) is 0 Å². The van der Waals surface area contributed by atoms with E-state index in [9.17, 15) is 13.2 Å². The Morgan fingerprint density at radius 1 is 1.22 bits per heavy atom. The average molecular weight is 201 g/mol. The van der Waals surface area contributed by atoms with Crippen LogP contribution >= 0.6 is 34.8 Å². The minimum Gasteiger partial charge on any atom is -0.217 e. The SMILES string of the molecule is FC(F)C(F)(Cl)C(Cl)Cl. The Morgan fingerprint density at radius 3 is 1.56 bits per heavy atom. The molecule has 0 spiro atoms. The van der Waals surface area contributed by atoms with Crippen molar-refractivity contribution in [3.05, 3.63) is 0 Å². The first-order valence-corrected chi connectivity index (χ1v) is 3.08. The molecule has 0 aromatic heterocycles. The lowest BCUT2D eigenvalue weighted by molar-refractivity contribution is 0.0300. The Hall–Kier alpha value is 0.660. The van der Waals surface area contributed by atoms with Gasteiger partial charge in [-0.25, -0.2) is 13.2 Å². The van der Waals surface area contributed by atoms with Crippen molar-refractivity contribution in [2.24, 2.45) is 0 Å². The van der Waals surface area contributed by atoms with Crippen molar-refractivity contribution >= 4 is 34.8 Å². The summed E-state index contributed by atoms with van der Waals surface area (Å²) in [4.78, 5) is -1.92. The highest BCUT2D eigenvalue weighted by atomic mass is 35.5. The third kappa shape index (κ3) is 2.40. The predicted molar refractivity (Wildman–Crippen MR) is 31.2 cm³/mol. The maximum absolute atomic E-state index is 12.1. The lowest BCUT2D eigenvalue weighted by atomic mass is 10.4. The van der Waals surface area contributed by atoms with Gasteiger partial charge in [0.05, 0.1) is 0 Å². The van der Waals surface area contributed by atoms with Gasteiger partial charge in [0.25, 0.3) is 11.6 Å². The van der Waals surface area contributed by atoms with E-state index in [2.05, 4.69) is 11.6 Å². The molecule has 0 N–H and O–H groups in total. The molecule has 0 heterocycles. The van der Waals surface area contributed by atoms with Crippen LogP contribution in [-0.4, -0.2) is 16.4 Å². The third-order valence-electron chi connectivity index (χ3n) is 0.582. The van der Waals surface area contributed by atoms with Crippen molar-refractivity contribution in [2.45, 2.75) is 16.4 Å². The fourth-order valence-electron chi connectivity index (χ4n) is 0.0952. The van der Waals surface area contributed by atoms with Gasteiger partial charge in [-0.3, -0.25) is 0 Å². The molecule has 0 fully saturated rings. The smallest absolute Gasteiger partial charge is 0.217 e. The second-order valence-electron chi connectivity index (χ2n) is 1.28. The maximum atomic E-state index is 12.1. The van der Waals surface area contributed by atoms with E-state index in [1.165, 1.54) is 0 Å². The van der Waals surface area contributed by atoms with Crippen LogP contribution in [0, 0.1) is 0 Å². The Bertz CT molecular complexity index is 82.3. The van der Waals surface area contributed by atoms with Gasteiger partial charge in [-0.1, -0.05) is 11.6 Å². The highest BCUT2D eigenvalue weighted by Crippen LogP contribution is 2.34. The van der Waals surface area contributed by atoms with Gasteiger partial charge in [0.2, 0.25) is 0 Å². The summed E-state index contributed by atoms with van der Waals surface area (Å²) in [6, 6.07) is 0. The summed E-state index contributed by atoms with van der Waals surface area (Å²) in [5.74, 6) is 0. The Balaban J connectivity index is 4.01. The topological polar surface area (TPSA) is 0 Å². The largest absolute Gasteiger partial charge is 0.288 e. The molecule has 9 heavy (non-hydrogen) atoms. The molecule has 0 amide bonds. The molecule has 0 saturated heterocycles. The van der Waals surface area contributed by atoms with Crippen molar-refractivity contribution in [3.63, 3.8) is 0 Å². The van der Waals surface area contributed by atoms with Crippen molar-refractivity contribution < 1.29 is 13.2 Å². The molecule has 0 aromatic carbocycles. The predicted octanol–water partition coefficient (Wildman–Crippen LogP) is 2.96. The molecule has 6 heteroatoms. The molecule has 0 saturated carbocycles. The van der Waals surface area contributed by atoms with Crippen molar-refractivity contribution in [2.75, 3.05) is 0 Å². The molecule has 0 aliphatic heterocycles. The number of rotatable bonds is 2. The van der Waals surface area contributed by atoms with Gasteiger partial charge in [-0.05, 0) is 0 Å². The van der Waals surface area contributed by atoms with Crippen molar-refractivity contribution in [1.82, 2.24) is 0 Å². The second kappa shape index (κ2) is 3.17. The van der Waals surface area contributed by atoms with Crippen molar-refractivity contribution in [3.8, 4) is 0 Å². The van der Waals surface area contributed by atoms with Crippen LogP contribution in [0.25, 0.3) is 0 Å². The summed E-state index contributed by atoms with van der Waals surface area (Å²) in [6.45, 7) is 0. The first kappa shape index (κ1) is 9.66. The molecular weight excluding hydrogens is 199 g/mol. The first-order chi connectivity index (χ1) is 3.89. The van der Waals surface area contributed by atoms with Crippen molar-refractivity contribution in [1.29, 1.82) is 0 Å². The van der Waals surface area contributed by atoms with Crippen LogP contribution in [0.1, 0.15) is 0 Å². The van der Waals surface area contributed by atoms with Gasteiger partial charge >= 0.3 is 0 Å². The van der Waals surface area contributed by atoms with Crippen LogP contribution in [0.15, 0.2) is 0 Å². The van der Waals surface area contributed by atoms with Gasteiger partial charge in [0, 0.05) is 0 Å². The van der Waals surface area contributed by atoms with E-state index >= 15 is 0 Å². The molecule has 0 radical (unpaired) electrons. The highest BCUT2D eigenvalue weighted by Gasteiger charge is 2.44. The van der Waals surface area contributed by atoms with Gasteiger partial charge < -0.3 is 0 Å². The minimum atomic E-state index is -3.38. The second-order valence-corrected chi connectivity index (χ2v) is 2.95. The number of alkyl halides is 6. The molecule has 1 atom stereocenters. The lowest BCUT2D eigenvalue weighted by Crippen LogP contribution is -2.32. The fourth-order valence-corrected chi connectivity index (χ4v) is 0.286. The standard InChI is InChI=1S/C3H2Cl3F3/c4-1(5)3(6,9)2(7)8/h1-2H. The first-order valence-electron chi connectivity index (χ1n) is 1.83. The molecular formula is C3H2Cl3F3. The van der Waals surface area contributed by atoms with Crippen LogP contribution in [0.2, 0.25) is 0 Å². The molecule has 0 bridgehead atoms. The lowest BCUT2D eigenvalue weighted by Gasteiger charge is -2.16. The van der Waals surface area contributed by atoms with E-state index in [1.807, 2.05) is 0 Å². The van der Waals surface area contributed by atoms with E-state index in [1.54, 1.807) is 0 Å². The Kier molecular flexibility index (Phi) is 3.40. The van der Waals surface area contributed by atoms with Gasteiger partial charge in [0.15, 0.2) is 4.84 Å². The van der Waals surface area contributed by atoms with Gasteiger partial charge in [-0.2, -0.15) is 0 Å². The molecule has 1 unspecified atom stereocenters. The summed E-state index contributed by atoms with van der Waals surface area (Å²) in [7, 11) is 0. The molecule has 0 rings (SSSR count). The zero-order valence-corrected chi connectivity index (χ0v) is 6.19. The molecule has 0 aromatic rings. The highest BCUT2D eigenvalue weighted by molar-refractivity contribution is 6.49. The summed E-state index contributed by atoms with van der Waals surface area (Å²) in [6.07, 6.45) is -3.38. The number of halogens is 6. The van der Waals surface area contributed by atoms with E-state index in [-0.39, 0.29) is 0 Å². The monoisotopic (exact) mass is 200 g/mol. The Labute approximate surface area is 64.9 Å². The Morgan fingerprint density at radius 2 is 1.56 bits per heavy atom. The third-order valence-corrected chi connectivity index (χ3v) is 1.82. The average Bonchev–Trinajstić information content (AvgIpc) is 1.65. The van der Waals surface area contributed by atoms with E-state index < -0.39 is 16.4 Å². The van der Waals surface area contributed by atoms with Gasteiger partial charge in [0.1, 0.15) is 0 Å². The molecule has 0 nitrogen and oxygen atoms in total. The van der Waals surface area contributed by atoms with E-state index in [4.69, 9.17) is 23.2 Å². The summed E-state index contributed by atoms with van der Waals surface area (Å²) >= 11 is 14.0. The van der Waals surface area contributed by atoms with E-state index in [0.29, 0.717) is 0 Å². The van der Waals surface area contributed by atoms with Gasteiger partial charge in [-0.15, -0.1) is 23.2 Å².